The van der Waals surface area contributed by atoms with Gasteiger partial charge in [-0.25, -0.2) is 0 Å². The predicted molar refractivity (Wildman–Crippen MR) is 101 cm³/mol. The zero-order valence-electron chi connectivity index (χ0n) is 14.8. The number of methoxy groups -OCH3 is 1. The van der Waals surface area contributed by atoms with E-state index in [1.54, 1.807) is 10.7 Å². The molecule has 2 aromatic rings. The molecule has 0 bridgehead atoms. The first-order valence-corrected chi connectivity index (χ1v) is 27.5. The Morgan fingerprint density at radius 1 is 0.773 bits per heavy atom. The molecular weight excluding hydrogens is 486 g/mol. The molecule has 2 heterocycles. The Balaban J connectivity index is 0.000000224. The van der Waals surface area contributed by atoms with Crippen molar-refractivity contribution in [3.8, 4) is 5.88 Å². The summed E-state index contributed by atoms with van der Waals surface area (Å²) in [5.74, 6) is 0.703. The van der Waals surface area contributed by atoms with Crippen molar-refractivity contribution < 1.29 is 4.74 Å². The molecule has 0 atom stereocenters. The van der Waals surface area contributed by atoms with Gasteiger partial charge in [-0.15, -0.1) is 0 Å². The van der Waals surface area contributed by atoms with E-state index < -0.39 is 36.8 Å². The molecule has 0 aromatic carbocycles. The average molecular weight is 514 g/mol. The molecule has 120 valence electrons. The minimum absolute atomic E-state index is 0.703. The van der Waals surface area contributed by atoms with Gasteiger partial charge in [-0.05, 0) is 0 Å². The first kappa shape index (κ1) is 19.7. The van der Waals surface area contributed by atoms with Crippen molar-refractivity contribution >= 4 is 43.9 Å². The molecule has 2 rings (SSSR count). The molecule has 0 N–H and O–H groups in total. The SMILES string of the molecule is COc1cc[c]([Sn]([CH3])([CH3])[CH3])cn1.[CH3][Sn]([CH3])([CH3])[c]1ccncc1. The molecule has 0 unspecified atom stereocenters. The van der Waals surface area contributed by atoms with Gasteiger partial charge in [0.1, 0.15) is 0 Å². The maximum atomic E-state index is 4.99. The van der Waals surface area contributed by atoms with Crippen LogP contribution >= 0.6 is 0 Å². The van der Waals surface area contributed by atoms with Crippen LogP contribution in [0.3, 0.4) is 0 Å². The van der Waals surface area contributed by atoms with Crippen LogP contribution in [0, 0.1) is 0 Å². The van der Waals surface area contributed by atoms with Crippen LogP contribution in [-0.2, 0) is 0 Å². The van der Waals surface area contributed by atoms with Gasteiger partial charge in [0.05, 0.1) is 0 Å². The number of ether oxygens (including phenoxy) is 1. The zero-order chi connectivity index (χ0) is 16.8. The van der Waals surface area contributed by atoms with Crippen LogP contribution in [0.1, 0.15) is 0 Å². The monoisotopic (exact) mass is 516 g/mol. The Morgan fingerprint density at radius 3 is 1.64 bits per heavy atom. The topological polar surface area (TPSA) is 35.0 Å². The van der Waals surface area contributed by atoms with Gasteiger partial charge in [0, 0.05) is 0 Å². The Hall–Kier alpha value is -0.303. The number of nitrogens with zero attached hydrogens (tertiary/aromatic N) is 2. The van der Waals surface area contributed by atoms with Crippen LogP contribution in [0.5, 0.6) is 5.88 Å². The molecular formula is C17H28N2OSn2. The fraction of sp³-hybridized carbons (Fsp3) is 0.412. The molecule has 0 aliphatic carbocycles. The van der Waals surface area contributed by atoms with Crippen molar-refractivity contribution in [2.45, 2.75) is 29.6 Å². The molecule has 0 aliphatic heterocycles. The minimum atomic E-state index is -1.88. The predicted octanol–water partition coefficient (Wildman–Crippen LogP) is 3.26. The third kappa shape index (κ3) is 6.85. The molecule has 0 aliphatic rings. The second-order valence-corrected chi connectivity index (χ2v) is 36.3. The summed E-state index contributed by atoms with van der Waals surface area (Å²) in [6.07, 6.45) is 5.73. The summed E-state index contributed by atoms with van der Waals surface area (Å²) < 4.78 is 7.97. The average Bonchev–Trinajstić information content (AvgIpc) is 2.47. The number of pyridine rings is 2. The molecule has 0 saturated carbocycles. The third-order valence-electron chi connectivity index (χ3n) is 3.36. The van der Waals surface area contributed by atoms with Gasteiger partial charge in [0.15, 0.2) is 0 Å². The van der Waals surface area contributed by atoms with E-state index in [9.17, 15) is 0 Å². The molecule has 0 spiro atoms. The molecule has 5 heteroatoms. The van der Waals surface area contributed by atoms with Gasteiger partial charge in [0.2, 0.25) is 0 Å². The maximum absolute atomic E-state index is 4.99. The molecule has 0 fully saturated rings. The standard InChI is InChI=1S/C6H6NO.C5H4N.6CH3.2Sn/c1-8-6-4-2-3-5-7-6;1-2-4-6-5-3-1;;;;;;;;/h2,4-5H,1H3;2-5H;6*1H3;;. The van der Waals surface area contributed by atoms with Gasteiger partial charge >= 0.3 is 144 Å². The fourth-order valence-electron chi connectivity index (χ4n) is 1.80. The van der Waals surface area contributed by atoms with Crippen LogP contribution in [0.15, 0.2) is 42.9 Å². The quantitative estimate of drug-likeness (QED) is 0.591. The Morgan fingerprint density at radius 2 is 1.32 bits per heavy atom. The molecule has 22 heavy (non-hydrogen) atoms. The molecule has 0 amide bonds. The van der Waals surface area contributed by atoms with Crippen LogP contribution in [0.4, 0.5) is 0 Å². The zero-order valence-corrected chi connectivity index (χ0v) is 20.6. The van der Waals surface area contributed by atoms with Gasteiger partial charge in [0.25, 0.3) is 0 Å². The summed E-state index contributed by atoms with van der Waals surface area (Å²) >= 11 is -3.63. The van der Waals surface area contributed by atoms with Crippen LogP contribution < -0.4 is 11.9 Å². The second kappa shape index (κ2) is 8.52. The van der Waals surface area contributed by atoms with E-state index in [0.717, 1.165) is 0 Å². The van der Waals surface area contributed by atoms with Gasteiger partial charge in [-0.3, -0.25) is 0 Å². The van der Waals surface area contributed by atoms with Crippen molar-refractivity contribution in [1.29, 1.82) is 0 Å². The molecule has 0 saturated heterocycles. The van der Waals surface area contributed by atoms with Crippen LogP contribution in [-0.4, -0.2) is 53.8 Å². The molecule has 3 nitrogen and oxygen atoms in total. The number of aromatic nitrogens is 2. The number of rotatable bonds is 3. The normalized spacial score (nSPS) is 11.4. The van der Waals surface area contributed by atoms with Crippen LogP contribution in [0.2, 0.25) is 29.6 Å². The van der Waals surface area contributed by atoms with Gasteiger partial charge in [-0.1, -0.05) is 0 Å². The fourth-order valence-corrected chi connectivity index (χ4v) is 8.03. The number of hydrogen-bond acceptors (Lipinski definition) is 3. The third-order valence-corrected chi connectivity index (χ3v) is 15.0. The van der Waals surface area contributed by atoms with E-state index in [4.69, 9.17) is 4.74 Å². The van der Waals surface area contributed by atoms with E-state index in [1.807, 2.05) is 24.7 Å². The van der Waals surface area contributed by atoms with E-state index in [2.05, 4.69) is 57.8 Å². The van der Waals surface area contributed by atoms with Gasteiger partial charge < -0.3 is 0 Å². The first-order chi connectivity index (χ1) is 10.1. The van der Waals surface area contributed by atoms with Crippen LogP contribution in [0.25, 0.3) is 0 Å². The summed E-state index contributed by atoms with van der Waals surface area (Å²) in [4.78, 5) is 22.5. The van der Waals surface area contributed by atoms with Crippen molar-refractivity contribution in [3.05, 3.63) is 42.9 Å². The Bertz CT molecular complexity index is 558. The number of hydrogen-bond donors (Lipinski definition) is 0. The van der Waals surface area contributed by atoms with Gasteiger partial charge in [-0.2, -0.15) is 0 Å². The first-order valence-electron chi connectivity index (χ1n) is 7.55. The van der Waals surface area contributed by atoms with E-state index >= 15 is 0 Å². The van der Waals surface area contributed by atoms with E-state index in [1.165, 1.54) is 3.58 Å². The van der Waals surface area contributed by atoms with E-state index in [-0.39, 0.29) is 0 Å². The van der Waals surface area contributed by atoms with E-state index in [0.29, 0.717) is 5.88 Å². The van der Waals surface area contributed by atoms with Crippen molar-refractivity contribution in [2.24, 2.45) is 0 Å². The Labute approximate surface area is 143 Å². The molecule has 0 radical (unpaired) electrons. The summed E-state index contributed by atoms with van der Waals surface area (Å²) in [6, 6.07) is 8.38. The second-order valence-electron chi connectivity index (χ2n) is 7.33. The van der Waals surface area contributed by atoms with Crippen molar-refractivity contribution in [1.82, 2.24) is 9.97 Å². The summed E-state index contributed by atoms with van der Waals surface area (Å²) in [6.45, 7) is 0. The molecule has 2 aromatic heterocycles. The summed E-state index contributed by atoms with van der Waals surface area (Å²) in [5.41, 5.74) is 0. The van der Waals surface area contributed by atoms with Crippen molar-refractivity contribution in [3.63, 3.8) is 0 Å². The Kier molecular flexibility index (Phi) is 7.65. The summed E-state index contributed by atoms with van der Waals surface area (Å²) in [5, 5.41) is 0. The van der Waals surface area contributed by atoms with Crippen molar-refractivity contribution in [2.75, 3.05) is 7.11 Å². The summed E-state index contributed by atoms with van der Waals surface area (Å²) in [7, 11) is 1.64.